The Morgan fingerprint density at radius 1 is 1.25 bits per heavy atom. The Labute approximate surface area is 144 Å². The maximum Gasteiger partial charge on any atom is 0.196 e. The molecule has 4 nitrogen and oxygen atoms in total. The average Bonchev–Trinajstić information content (AvgIpc) is 2.60. The van der Waals surface area contributed by atoms with E-state index in [4.69, 9.17) is 4.74 Å². The van der Waals surface area contributed by atoms with Crippen molar-refractivity contribution in [2.24, 2.45) is 5.92 Å². The molecule has 4 heteroatoms. The summed E-state index contributed by atoms with van der Waals surface area (Å²) >= 11 is 0. The summed E-state index contributed by atoms with van der Waals surface area (Å²) in [6, 6.07) is 10.9. The first-order valence-electron chi connectivity index (χ1n) is 8.58. The van der Waals surface area contributed by atoms with E-state index in [2.05, 4.69) is 31.1 Å². The molecule has 0 spiro atoms. The minimum absolute atomic E-state index is 0.0444. The molecule has 1 aromatic heterocycles. The molecule has 24 heavy (non-hydrogen) atoms. The molecule has 0 saturated carbocycles. The molecule has 0 atom stereocenters. The normalized spacial score (nSPS) is 10.7. The number of nitrogens with zero attached hydrogens (tertiary/aromatic N) is 1. The summed E-state index contributed by atoms with van der Waals surface area (Å²) < 4.78 is 5.72. The number of nitrogens with one attached hydrogen (secondary N) is 1. The number of rotatable bonds is 9. The van der Waals surface area contributed by atoms with Gasteiger partial charge in [0.1, 0.15) is 11.6 Å². The first-order chi connectivity index (χ1) is 11.6. The number of unbranched alkanes of at least 4 members (excludes halogenated alkanes) is 1. The highest BCUT2D eigenvalue weighted by atomic mass is 16.5. The summed E-state index contributed by atoms with van der Waals surface area (Å²) in [4.78, 5) is 17.2. The molecule has 1 aromatic carbocycles. The zero-order valence-corrected chi connectivity index (χ0v) is 14.7. The van der Waals surface area contributed by atoms with Gasteiger partial charge in [-0.05, 0) is 36.6 Å². The third kappa shape index (κ3) is 5.08. The molecule has 1 heterocycles. The fraction of sp³-hybridized carbons (Fsp3) is 0.400. The van der Waals surface area contributed by atoms with Crippen molar-refractivity contribution in [3.8, 4) is 5.75 Å². The molecule has 0 aliphatic rings. The maximum atomic E-state index is 12.9. The van der Waals surface area contributed by atoms with Crippen LogP contribution >= 0.6 is 0 Å². The Kier molecular flexibility index (Phi) is 6.79. The number of benzene rings is 1. The molecule has 0 aliphatic heterocycles. The number of aromatic nitrogens is 1. The number of ether oxygens (including phenoxy) is 1. The van der Waals surface area contributed by atoms with E-state index in [1.807, 2.05) is 24.3 Å². The number of hydrogen-bond donors (Lipinski definition) is 1. The predicted molar refractivity (Wildman–Crippen MR) is 97.8 cm³/mol. The Morgan fingerprint density at radius 3 is 2.83 bits per heavy atom. The number of carbonyl (C=O) groups excluding carboxylic acids is 1. The van der Waals surface area contributed by atoms with Crippen LogP contribution in [0.25, 0.3) is 0 Å². The predicted octanol–water partition coefficient (Wildman–Crippen LogP) is 4.56. The van der Waals surface area contributed by atoms with Gasteiger partial charge in [-0.15, -0.1) is 0 Å². The molecule has 2 aromatic rings. The summed E-state index contributed by atoms with van der Waals surface area (Å²) in [7, 11) is 0. The molecule has 128 valence electrons. The molecular weight excluding hydrogens is 300 g/mol. The van der Waals surface area contributed by atoms with Crippen LogP contribution in [-0.2, 0) is 0 Å². The monoisotopic (exact) mass is 326 g/mol. The van der Waals surface area contributed by atoms with Crippen molar-refractivity contribution in [3.63, 3.8) is 0 Å². The molecule has 0 saturated heterocycles. The van der Waals surface area contributed by atoms with Gasteiger partial charge in [0, 0.05) is 18.3 Å². The molecular formula is C20H26N2O2. The highest BCUT2D eigenvalue weighted by Gasteiger charge is 2.15. The number of anilines is 1. The van der Waals surface area contributed by atoms with Crippen LogP contribution in [0.4, 0.5) is 5.82 Å². The van der Waals surface area contributed by atoms with E-state index in [9.17, 15) is 4.79 Å². The minimum Gasteiger partial charge on any atom is -0.493 e. The van der Waals surface area contributed by atoms with Crippen molar-refractivity contribution in [2.75, 3.05) is 18.5 Å². The third-order valence-corrected chi connectivity index (χ3v) is 3.55. The van der Waals surface area contributed by atoms with Crippen LogP contribution in [0.2, 0.25) is 0 Å². The lowest BCUT2D eigenvalue weighted by Gasteiger charge is -2.12. The van der Waals surface area contributed by atoms with E-state index in [1.165, 1.54) is 0 Å². The SMILES string of the molecule is CCCCNc1ncccc1C(=O)c1cccc(OCC(C)C)c1. The first kappa shape index (κ1) is 18.0. The van der Waals surface area contributed by atoms with Crippen LogP contribution in [0, 0.1) is 5.92 Å². The van der Waals surface area contributed by atoms with E-state index in [1.54, 1.807) is 18.3 Å². The zero-order valence-electron chi connectivity index (χ0n) is 14.7. The topological polar surface area (TPSA) is 51.2 Å². The molecule has 0 radical (unpaired) electrons. The second kappa shape index (κ2) is 9.06. The Balaban J connectivity index is 2.18. The summed E-state index contributed by atoms with van der Waals surface area (Å²) in [6.45, 7) is 7.77. The van der Waals surface area contributed by atoms with Gasteiger partial charge < -0.3 is 10.1 Å². The summed E-state index contributed by atoms with van der Waals surface area (Å²) in [5.74, 6) is 1.76. The van der Waals surface area contributed by atoms with Crippen LogP contribution in [0.3, 0.4) is 0 Å². The number of carbonyl (C=O) groups is 1. The minimum atomic E-state index is -0.0444. The Bertz CT molecular complexity index is 668. The largest absolute Gasteiger partial charge is 0.493 e. The first-order valence-corrected chi connectivity index (χ1v) is 8.58. The lowest BCUT2D eigenvalue weighted by Crippen LogP contribution is -2.11. The van der Waals surface area contributed by atoms with Gasteiger partial charge in [-0.25, -0.2) is 4.98 Å². The quantitative estimate of drug-likeness (QED) is 0.542. The summed E-state index contributed by atoms with van der Waals surface area (Å²) in [5, 5.41) is 3.26. The highest BCUT2D eigenvalue weighted by Crippen LogP contribution is 2.20. The molecule has 1 N–H and O–H groups in total. The maximum absolute atomic E-state index is 12.9. The van der Waals surface area contributed by atoms with E-state index < -0.39 is 0 Å². The highest BCUT2D eigenvalue weighted by molar-refractivity contribution is 6.12. The molecule has 0 unspecified atom stereocenters. The van der Waals surface area contributed by atoms with Gasteiger partial charge in [-0.1, -0.05) is 39.3 Å². The van der Waals surface area contributed by atoms with Crippen molar-refractivity contribution in [1.29, 1.82) is 0 Å². The van der Waals surface area contributed by atoms with Gasteiger partial charge >= 0.3 is 0 Å². The van der Waals surface area contributed by atoms with Crippen LogP contribution < -0.4 is 10.1 Å². The van der Waals surface area contributed by atoms with Crippen molar-refractivity contribution in [1.82, 2.24) is 4.98 Å². The van der Waals surface area contributed by atoms with Gasteiger partial charge in [0.05, 0.1) is 12.2 Å². The zero-order chi connectivity index (χ0) is 17.4. The second-order valence-corrected chi connectivity index (χ2v) is 6.24. The fourth-order valence-corrected chi connectivity index (χ4v) is 2.26. The van der Waals surface area contributed by atoms with Crippen LogP contribution in [-0.4, -0.2) is 23.9 Å². The second-order valence-electron chi connectivity index (χ2n) is 6.24. The van der Waals surface area contributed by atoms with Gasteiger partial charge in [0.25, 0.3) is 0 Å². The van der Waals surface area contributed by atoms with E-state index in [0.717, 1.165) is 25.1 Å². The van der Waals surface area contributed by atoms with E-state index >= 15 is 0 Å². The van der Waals surface area contributed by atoms with Gasteiger partial charge in [-0.2, -0.15) is 0 Å². The van der Waals surface area contributed by atoms with E-state index in [0.29, 0.717) is 29.5 Å². The van der Waals surface area contributed by atoms with Crippen molar-refractivity contribution >= 4 is 11.6 Å². The van der Waals surface area contributed by atoms with E-state index in [-0.39, 0.29) is 5.78 Å². The van der Waals surface area contributed by atoms with Crippen molar-refractivity contribution in [3.05, 3.63) is 53.7 Å². The van der Waals surface area contributed by atoms with Crippen LogP contribution in [0.1, 0.15) is 49.5 Å². The Hall–Kier alpha value is -2.36. The van der Waals surface area contributed by atoms with Gasteiger partial charge in [0.2, 0.25) is 0 Å². The smallest absolute Gasteiger partial charge is 0.196 e. The van der Waals surface area contributed by atoms with Crippen LogP contribution in [0.15, 0.2) is 42.6 Å². The van der Waals surface area contributed by atoms with Crippen molar-refractivity contribution in [2.45, 2.75) is 33.6 Å². The van der Waals surface area contributed by atoms with Gasteiger partial charge in [0.15, 0.2) is 5.78 Å². The molecule has 0 amide bonds. The fourth-order valence-electron chi connectivity index (χ4n) is 2.26. The number of ketones is 1. The third-order valence-electron chi connectivity index (χ3n) is 3.55. The number of pyridine rings is 1. The number of hydrogen-bond acceptors (Lipinski definition) is 4. The molecule has 2 rings (SSSR count). The molecule has 0 aliphatic carbocycles. The van der Waals surface area contributed by atoms with Gasteiger partial charge in [-0.3, -0.25) is 4.79 Å². The Morgan fingerprint density at radius 2 is 2.08 bits per heavy atom. The summed E-state index contributed by atoms with van der Waals surface area (Å²) in [5.41, 5.74) is 1.21. The van der Waals surface area contributed by atoms with Crippen LogP contribution in [0.5, 0.6) is 5.75 Å². The van der Waals surface area contributed by atoms with Crippen molar-refractivity contribution < 1.29 is 9.53 Å². The average molecular weight is 326 g/mol. The lowest BCUT2D eigenvalue weighted by molar-refractivity contribution is 0.103. The molecule has 0 bridgehead atoms. The molecule has 0 fully saturated rings. The standard InChI is InChI=1S/C20H26N2O2/c1-4-5-11-21-20-18(10-7-12-22-20)19(23)16-8-6-9-17(13-16)24-14-15(2)3/h6-10,12-13,15H,4-5,11,14H2,1-3H3,(H,21,22). The lowest BCUT2D eigenvalue weighted by atomic mass is 10.0. The summed E-state index contributed by atoms with van der Waals surface area (Å²) in [6.07, 6.45) is 3.84.